The van der Waals surface area contributed by atoms with Crippen LogP contribution in [0.4, 0.5) is 0 Å². The maximum absolute atomic E-state index is 12.1. The van der Waals surface area contributed by atoms with Crippen LogP contribution < -0.4 is 0 Å². The van der Waals surface area contributed by atoms with Crippen molar-refractivity contribution in [1.82, 2.24) is 4.90 Å². The topological polar surface area (TPSA) is 32.7 Å². The fourth-order valence-electron chi connectivity index (χ4n) is 2.67. The molecular formula is C18H18N2O. The third-order valence-corrected chi connectivity index (χ3v) is 3.93. The summed E-state index contributed by atoms with van der Waals surface area (Å²) in [5, 5.41) is 0. The van der Waals surface area contributed by atoms with Crippen molar-refractivity contribution in [2.24, 2.45) is 10.4 Å². The standard InChI is InChI=1S/C18H18N2O/c1-18(2)10-11-20(3)16(18)12-19-17-14-7-5-4-6-13(14)8-9-15(17)21/h4-12H,1-3H3/b16-12+,19-17?. The number of allylic oxidation sites excluding steroid dienone is 2. The Hall–Kier alpha value is -2.42. The van der Waals surface area contributed by atoms with Crippen molar-refractivity contribution in [3.63, 3.8) is 0 Å². The molecule has 1 aromatic carbocycles. The van der Waals surface area contributed by atoms with Crippen LogP contribution in [0.1, 0.15) is 25.0 Å². The van der Waals surface area contributed by atoms with Crippen molar-refractivity contribution < 1.29 is 4.79 Å². The summed E-state index contributed by atoms with van der Waals surface area (Å²) in [7, 11) is 1.99. The molecule has 1 aliphatic carbocycles. The van der Waals surface area contributed by atoms with Crippen LogP contribution in [0.5, 0.6) is 0 Å². The van der Waals surface area contributed by atoms with Crippen molar-refractivity contribution in [1.29, 1.82) is 0 Å². The highest BCUT2D eigenvalue weighted by Crippen LogP contribution is 2.35. The molecule has 3 nitrogen and oxygen atoms in total. The van der Waals surface area contributed by atoms with Gasteiger partial charge in [0.1, 0.15) is 5.71 Å². The molecule has 1 heterocycles. The van der Waals surface area contributed by atoms with Gasteiger partial charge in [0.15, 0.2) is 0 Å². The van der Waals surface area contributed by atoms with Gasteiger partial charge in [0.25, 0.3) is 0 Å². The predicted molar refractivity (Wildman–Crippen MR) is 85.8 cm³/mol. The molecule has 0 unspecified atom stereocenters. The summed E-state index contributed by atoms with van der Waals surface area (Å²) in [6, 6.07) is 7.83. The molecule has 0 saturated carbocycles. The second kappa shape index (κ2) is 4.85. The number of carbonyl (C=O) groups is 1. The Labute approximate surface area is 125 Å². The van der Waals surface area contributed by atoms with Crippen LogP contribution in [0.15, 0.2) is 59.5 Å². The number of carbonyl (C=O) groups excluding carboxylic acids is 1. The SMILES string of the molecule is CN1C=CC(C)(C)/C1=C\N=C1C(=O)C=Cc2ccccc21. The number of rotatable bonds is 1. The Balaban J connectivity index is 2.04. The number of fused-ring (bicyclic) bond motifs is 1. The minimum Gasteiger partial charge on any atom is -0.353 e. The highest BCUT2D eigenvalue weighted by atomic mass is 16.1. The van der Waals surface area contributed by atoms with Crippen LogP contribution >= 0.6 is 0 Å². The van der Waals surface area contributed by atoms with Crippen LogP contribution in [-0.2, 0) is 4.79 Å². The Morgan fingerprint density at radius 1 is 1.19 bits per heavy atom. The van der Waals surface area contributed by atoms with Crippen molar-refractivity contribution in [2.45, 2.75) is 13.8 Å². The van der Waals surface area contributed by atoms with Gasteiger partial charge in [0.05, 0.1) is 0 Å². The molecule has 3 rings (SSSR count). The number of nitrogens with zero attached hydrogens (tertiary/aromatic N) is 2. The molecule has 1 aliphatic heterocycles. The Morgan fingerprint density at radius 2 is 1.95 bits per heavy atom. The first kappa shape index (κ1) is 13.6. The van der Waals surface area contributed by atoms with Crippen molar-refractivity contribution in [3.05, 3.63) is 65.6 Å². The lowest BCUT2D eigenvalue weighted by Gasteiger charge is -2.22. The summed E-state index contributed by atoms with van der Waals surface area (Å²) in [6.07, 6.45) is 9.40. The normalized spacial score (nSPS) is 23.2. The number of hydrogen-bond acceptors (Lipinski definition) is 3. The zero-order valence-electron chi connectivity index (χ0n) is 12.5. The molecular weight excluding hydrogens is 260 g/mol. The van der Waals surface area contributed by atoms with Gasteiger partial charge in [-0.15, -0.1) is 0 Å². The molecule has 0 saturated heterocycles. The summed E-state index contributed by atoms with van der Waals surface area (Å²) in [6.45, 7) is 4.27. The lowest BCUT2D eigenvalue weighted by atomic mass is 9.91. The van der Waals surface area contributed by atoms with Crippen LogP contribution in [0.25, 0.3) is 6.08 Å². The van der Waals surface area contributed by atoms with E-state index < -0.39 is 0 Å². The highest BCUT2D eigenvalue weighted by Gasteiger charge is 2.28. The van der Waals surface area contributed by atoms with Crippen LogP contribution in [-0.4, -0.2) is 23.4 Å². The lowest BCUT2D eigenvalue weighted by molar-refractivity contribution is -0.108. The van der Waals surface area contributed by atoms with Crippen LogP contribution in [0.3, 0.4) is 0 Å². The minimum atomic E-state index is -0.0636. The van der Waals surface area contributed by atoms with E-state index in [0.29, 0.717) is 5.71 Å². The largest absolute Gasteiger partial charge is 0.353 e. The van der Waals surface area contributed by atoms with Gasteiger partial charge in [-0.2, -0.15) is 0 Å². The van der Waals surface area contributed by atoms with E-state index in [-0.39, 0.29) is 11.2 Å². The zero-order valence-corrected chi connectivity index (χ0v) is 12.5. The molecule has 0 fully saturated rings. The maximum Gasteiger partial charge on any atom is 0.204 e. The minimum absolute atomic E-state index is 0.0445. The summed E-state index contributed by atoms with van der Waals surface area (Å²) >= 11 is 0. The van der Waals surface area contributed by atoms with Crippen LogP contribution in [0, 0.1) is 5.41 Å². The van der Waals surface area contributed by atoms with Crippen molar-refractivity contribution >= 4 is 17.6 Å². The molecule has 106 valence electrons. The monoisotopic (exact) mass is 278 g/mol. The van der Waals surface area contributed by atoms with E-state index in [4.69, 9.17) is 0 Å². The average molecular weight is 278 g/mol. The third kappa shape index (κ3) is 2.35. The molecule has 0 radical (unpaired) electrons. The van der Waals surface area contributed by atoms with Gasteiger partial charge in [-0.1, -0.05) is 50.3 Å². The Morgan fingerprint density at radius 3 is 2.67 bits per heavy atom. The summed E-state index contributed by atoms with van der Waals surface area (Å²) < 4.78 is 0. The Kier molecular flexibility index (Phi) is 3.13. The number of ketones is 1. The molecule has 3 heteroatoms. The highest BCUT2D eigenvalue weighted by molar-refractivity contribution is 6.52. The van der Waals surface area contributed by atoms with Crippen LogP contribution in [0.2, 0.25) is 0 Å². The van der Waals surface area contributed by atoms with Crippen molar-refractivity contribution in [2.75, 3.05) is 7.05 Å². The van der Waals surface area contributed by atoms with E-state index in [0.717, 1.165) is 16.8 Å². The van der Waals surface area contributed by atoms with Gasteiger partial charge in [0.2, 0.25) is 5.78 Å². The van der Waals surface area contributed by atoms with Crippen molar-refractivity contribution in [3.8, 4) is 0 Å². The van der Waals surface area contributed by atoms with Gasteiger partial charge in [-0.05, 0) is 11.6 Å². The molecule has 0 bridgehead atoms. The number of hydrogen-bond donors (Lipinski definition) is 0. The first-order valence-corrected chi connectivity index (χ1v) is 7.01. The van der Waals surface area contributed by atoms with E-state index in [1.807, 2.05) is 54.7 Å². The van der Waals surface area contributed by atoms with Gasteiger partial charge >= 0.3 is 0 Å². The first-order chi connectivity index (χ1) is 9.99. The van der Waals surface area contributed by atoms with E-state index in [9.17, 15) is 4.79 Å². The predicted octanol–water partition coefficient (Wildman–Crippen LogP) is 3.40. The molecule has 0 N–H and O–H groups in total. The fourth-order valence-corrected chi connectivity index (χ4v) is 2.67. The van der Waals surface area contributed by atoms with E-state index in [1.54, 1.807) is 6.08 Å². The number of aliphatic imine (C=N–C) groups is 1. The van der Waals surface area contributed by atoms with Gasteiger partial charge < -0.3 is 4.90 Å². The summed E-state index contributed by atoms with van der Waals surface area (Å²) in [4.78, 5) is 18.7. The maximum atomic E-state index is 12.1. The van der Waals surface area contributed by atoms with E-state index in [2.05, 4.69) is 24.9 Å². The molecule has 0 amide bonds. The van der Waals surface area contributed by atoms with Gasteiger partial charge in [-0.3, -0.25) is 9.79 Å². The van der Waals surface area contributed by atoms with E-state index in [1.165, 1.54) is 0 Å². The zero-order chi connectivity index (χ0) is 15.0. The quantitative estimate of drug-likeness (QED) is 0.788. The van der Waals surface area contributed by atoms with Gasteiger partial charge in [-0.25, -0.2) is 0 Å². The molecule has 0 atom stereocenters. The first-order valence-electron chi connectivity index (χ1n) is 7.01. The summed E-state index contributed by atoms with van der Waals surface area (Å²) in [5.74, 6) is -0.0445. The molecule has 2 aliphatic rings. The summed E-state index contributed by atoms with van der Waals surface area (Å²) in [5.41, 5.74) is 3.46. The van der Waals surface area contributed by atoms with Gasteiger partial charge in [0, 0.05) is 36.1 Å². The second-order valence-corrected chi connectivity index (χ2v) is 5.93. The smallest absolute Gasteiger partial charge is 0.204 e. The van der Waals surface area contributed by atoms with E-state index >= 15 is 0 Å². The lowest BCUT2D eigenvalue weighted by Crippen LogP contribution is -2.19. The molecule has 0 spiro atoms. The fraction of sp³-hybridized carbons (Fsp3) is 0.222. The Bertz CT molecular complexity index is 720. The second-order valence-electron chi connectivity index (χ2n) is 5.93. The molecule has 1 aromatic rings. The number of benzene rings is 1. The molecule has 21 heavy (non-hydrogen) atoms. The third-order valence-electron chi connectivity index (χ3n) is 3.93. The average Bonchev–Trinajstić information content (AvgIpc) is 2.72. The molecule has 0 aromatic heterocycles.